The maximum absolute atomic E-state index is 14.1. The number of halogens is 1. The van der Waals surface area contributed by atoms with Gasteiger partial charge in [-0.05, 0) is 47.0 Å². The van der Waals surface area contributed by atoms with E-state index in [1.165, 1.54) is 0 Å². The number of hydrogen-bond donors (Lipinski definition) is 2. The molecule has 0 radical (unpaired) electrons. The van der Waals surface area contributed by atoms with Gasteiger partial charge in [-0.25, -0.2) is 10.0 Å². The van der Waals surface area contributed by atoms with Gasteiger partial charge in [-0.1, -0.05) is 63.5 Å². The molecule has 40 heavy (non-hydrogen) atoms. The van der Waals surface area contributed by atoms with Gasteiger partial charge < -0.3 is 14.6 Å². The van der Waals surface area contributed by atoms with Crippen molar-refractivity contribution >= 4 is 27.7 Å². The van der Waals surface area contributed by atoms with Gasteiger partial charge in [0.05, 0.1) is 13.2 Å². The number of nitrogens with zero attached hydrogens (tertiary/aromatic N) is 5. The molecule has 1 amide bonds. The summed E-state index contributed by atoms with van der Waals surface area (Å²) in [5, 5.41) is 14.3. The fraction of sp³-hybridized carbons (Fsp3) is 0.310. The van der Waals surface area contributed by atoms with E-state index in [0.717, 1.165) is 21.2 Å². The van der Waals surface area contributed by atoms with Crippen molar-refractivity contribution in [1.29, 1.82) is 0 Å². The lowest BCUT2D eigenvalue weighted by atomic mass is 9.81. The minimum atomic E-state index is -1.40. The highest BCUT2D eigenvalue weighted by Gasteiger charge is 2.54. The molecule has 0 unspecified atom stereocenters. The molecule has 10 nitrogen and oxygen atoms in total. The normalized spacial score (nSPS) is 18.0. The summed E-state index contributed by atoms with van der Waals surface area (Å²) in [6.07, 6.45) is -0.0385. The Balaban J connectivity index is 1.83. The van der Waals surface area contributed by atoms with Crippen LogP contribution in [0.3, 0.4) is 0 Å². The number of aliphatic hydroxyl groups is 1. The van der Waals surface area contributed by atoms with E-state index in [-0.39, 0.29) is 25.5 Å². The van der Waals surface area contributed by atoms with Gasteiger partial charge in [-0.15, -0.1) is 0 Å². The predicted molar refractivity (Wildman–Crippen MR) is 156 cm³/mol. The second-order valence-electron chi connectivity index (χ2n) is 9.48. The largest absolute Gasteiger partial charge is 0.494 e. The van der Waals surface area contributed by atoms with Crippen molar-refractivity contribution in [1.82, 2.24) is 10.4 Å². The monoisotopic (exact) mass is 606 g/mol. The van der Waals surface area contributed by atoms with Crippen LogP contribution in [0.2, 0.25) is 0 Å². The van der Waals surface area contributed by atoms with Crippen LogP contribution in [-0.2, 0) is 22.5 Å². The van der Waals surface area contributed by atoms with Gasteiger partial charge >= 0.3 is 0 Å². The fourth-order valence-electron chi connectivity index (χ4n) is 4.53. The zero-order chi connectivity index (χ0) is 28.5. The number of aliphatic imine (C=N–C) groups is 1. The van der Waals surface area contributed by atoms with E-state index in [1.54, 1.807) is 31.2 Å². The average molecular weight is 608 g/mol. The first-order chi connectivity index (χ1) is 19.4. The Bertz CT molecular complexity index is 1410. The Morgan fingerprint density at radius 1 is 1.15 bits per heavy atom. The molecule has 4 rings (SSSR count). The van der Waals surface area contributed by atoms with Crippen molar-refractivity contribution in [2.24, 2.45) is 10.1 Å². The number of benzene rings is 3. The standard InChI is InChI=1S/C29H31BrN6O4/c1-36(2)34-28(38)29(18-21-8-3-4-9-22(21)19-32-35-31)26(24-10-5-6-11-25(24)30)40-27(33-29)20-12-14-23(15-13-20)39-17-7-16-37/h3-6,8-15,26,37H,7,16-19H2,1-2H3,(H,34,38)/t26-,29-/m0/s1. The summed E-state index contributed by atoms with van der Waals surface area (Å²) < 4.78 is 13.0. The number of azide groups is 1. The van der Waals surface area contributed by atoms with Crippen LogP contribution in [0.4, 0.5) is 0 Å². The first-order valence-electron chi connectivity index (χ1n) is 12.8. The molecule has 1 aliphatic rings. The number of nitrogens with one attached hydrogen (secondary N) is 1. The Kier molecular flexibility index (Phi) is 9.79. The Morgan fingerprint density at radius 3 is 2.52 bits per heavy atom. The number of carbonyl (C=O) groups excluding carboxylic acids is 1. The molecule has 0 spiro atoms. The predicted octanol–water partition coefficient (Wildman–Crippen LogP) is 5.11. The summed E-state index contributed by atoms with van der Waals surface area (Å²) in [7, 11) is 3.48. The SMILES string of the molecule is CN(C)NC(=O)[C@@]1(Cc2ccccc2CN=[N+]=[N-])N=C(c2ccc(OCCCO)cc2)O[C@H]1c1ccccc1Br. The van der Waals surface area contributed by atoms with Crippen molar-refractivity contribution in [3.8, 4) is 5.75 Å². The summed E-state index contributed by atoms with van der Waals surface area (Å²) in [5.41, 5.74) is 13.5. The topological polar surface area (TPSA) is 132 Å². The number of hydrazine groups is 1. The lowest BCUT2D eigenvalue weighted by molar-refractivity contribution is -0.132. The molecule has 208 valence electrons. The van der Waals surface area contributed by atoms with Crippen LogP contribution in [-0.4, -0.2) is 54.8 Å². The van der Waals surface area contributed by atoms with Gasteiger partial charge in [-0.2, -0.15) is 0 Å². The number of ether oxygens (including phenoxy) is 2. The van der Waals surface area contributed by atoms with Crippen LogP contribution in [0.15, 0.2) is 87.4 Å². The molecule has 2 N–H and O–H groups in total. The Labute approximate surface area is 241 Å². The molecule has 0 saturated heterocycles. The molecular formula is C29H31BrN6O4. The number of rotatable bonds is 12. The first-order valence-corrected chi connectivity index (χ1v) is 13.6. The first kappa shape index (κ1) is 29.1. The third-order valence-electron chi connectivity index (χ3n) is 6.43. The van der Waals surface area contributed by atoms with Gasteiger partial charge in [0, 0.05) is 54.1 Å². The van der Waals surface area contributed by atoms with Crippen molar-refractivity contribution in [2.45, 2.75) is 31.0 Å². The van der Waals surface area contributed by atoms with E-state index in [2.05, 4.69) is 31.4 Å². The molecule has 1 aliphatic heterocycles. The summed E-state index contributed by atoms with van der Waals surface area (Å²) >= 11 is 3.65. The second kappa shape index (κ2) is 13.5. The maximum atomic E-state index is 14.1. The fourth-order valence-corrected chi connectivity index (χ4v) is 5.02. The van der Waals surface area contributed by atoms with Crippen LogP contribution in [0.25, 0.3) is 10.4 Å². The van der Waals surface area contributed by atoms with E-state index in [4.69, 9.17) is 25.1 Å². The third-order valence-corrected chi connectivity index (χ3v) is 7.15. The average Bonchev–Trinajstić information content (AvgIpc) is 3.33. The number of carbonyl (C=O) groups is 1. The van der Waals surface area contributed by atoms with E-state index >= 15 is 0 Å². The molecule has 0 fully saturated rings. The summed E-state index contributed by atoms with van der Waals surface area (Å²) in [6.45, 7) is 0.607. The molecule has 0 aromatic heterocycles. The van der Waals surface area contributed by atoms with Gasteiger partial charge in [-0.3, -0.25) is 10.2 Å². The van der Waals surface area contributed by atoms with Crippen molar-refractivity contribution in [3.63, 3.8) is 0 Å². The third kappa shape index (κ3) is 6.63. The molecule has 11 heteroatoms. The Morgan fingerprint density at radius 2 is 1.85 bits per heavy atom. The summed E-state index contributed by atoms with van der Waals surface area (Å²) in [4.78, 5) is 22.0. The minimum Gasteiger partial charge on any atom is -0.494 e. The van der Waals surface area contributed by atoms with Gasteiger partial charge in [0.25, 0.3) is 5.91 Å². The van der Waals surface area contributed by atoms with E-state index < -0.39 is 11.6 Å². The number of amides is 1. The van der Waals surface area contributed by atoms with Crippen LogP contribution in [0, 0.1) is 0 Å². The maximum Gasteiger partial charge on any atom is 0.266 e. The molecule has 0 bridgehead atoms. The van der Waals surface area contributed by atoms with Gasteiger partial charge in [0.1, 0.15) is 5.75 Å². The lowest BCUT2D eigenvalue weighted by Crippen LogP contribution is -2.53. The summed E-state index contributed by atoms with van der Waals surface area (Å²) in [6, 6.07) is 22.4. The van der Waals surface area contributed by atoms with Gasteiger partial charge in [0.2, 0.25) is 5.90 Å². The zero-order valence-corrected chi connectivity index (χ0v) is 23.9. The van der Waals surface area contributed by atoms with Gasteiger partial charge in [0.15, 0.2) is 11.6 Å². The van der Waals surface area contributed by atoms with Crippen molar-refractivity contribution < 1.29 is 19.4 Å². The highest BCUT2D eigenvalue weighted by molar-refractivity contribution is 9.10. The van der Waals surface area contributed by atoms with Crippen molar-refractivity contribution in [3.05, 3.63) is 110 Å². The molecule has 3 aromatic rings. The molecular weight excluding hydrogens is 576 g/mol. The smallest absolute Gasteiger partial charge is 0.266 e. The lowest BCUT2D eigenvalue weighted by Gasteiger charge is -2.32. The second-order valence-corrected chi connectivity index (χ2v) is 10.3. The van der Waals surface area contributed by atoms with E-state index in [9.17, 15) is 4.79 Å². The van der Waals surface area contributed by atoms with Crippen LogP contribution < -0.4 is 10.2 Å². The summed E-state index contributed by atoms with van der Waals surface area (Å²) in [5.74, 6) is 0.640. The van der Waals surface area contributed by atoms with Crippen LogP contribution >= 0.6 is 15.9 Å². The molecule has 1 heterocycles. The van der Waals surface area contributed by atoms with Crippen molar-refractivity contribution in [2.75, 3.05) is 27.3 Å². The van der Waals surface area contributed by atoms with E-state index in [1.807, 2.05) is 60.7 Å². The van der Waals surface area contributed by atoms with Crippen LogP contribution in [0.1, 0.15) is 34.8 Å². The number of hydrogen-bond acceptors (Lipinski definition) is 7. The molecule has 0 saturated carbocycles. The molecule has 3 aromatic carbocycles. The quantitative estimate of drug-likeness (QED) is 0.0971. The highest BCUT2D eigenvalue weighted by atomic mass is 79.9. The Hall–Kier alpha value is -3.89. The number of aliphatic hydroxyl groups excluding tert-OH is 1. The molecule has 0 aliphatic carbocycles. The zero-order valence-electron chi connectivity index (χ0n) is 22.3. The molecule has 2 atom stereocenters. The van der Waals surface area contributed by atoms with E-state index in [0.29, 0.717) is 30.2 Å². The van der Waals surface area contributed by atoms with Crippen LogP contribution in [0.5, 0.6) is 5.75 Å². The highest BCUT2D eigenvalue weighted by Crippen LogP contribution is 2.45. The minimum absolute atomic E-state index is 0.0578.